The first-order valence-electron chi connectivity index (χ1n) is 7.85. The Balaban J connectivity index is 0.00000113. The van der Waals surface area contributed by atoms with Crippen molar-refractivity contribution in [2.45, 2.75) is 5.92 Å². The smallest absolute Gasteiger partial charge is 1.00 e. The van der Waals surface area contributed by atoms with E-state index in [0.717, 1.165) is 8.19 Å². The maximum atomic E-state index is 2.39. The zero-order chi connectivity index (χ0) is 15.5. The molecule has 0 radical (unpaired) electrons. The molecule has 4 rings (SSSR count). The van der Waals surface area contributed by atoms with Gasteiger partial charge in [-0.1, -0.05) is 0 Å². The molecule has 3 aromatic rings. The topological polar surface area (TPSA) is 0 Å². The van der Waals surface area contributed by atoms with Crippen molar-refractivity contribution in [2.24, 2.45) is 0 Å². The van der Waals surface area contributed by atoms with Gasteiger partial charge < -0.3 is 24.8 Å². The molecule has 4 heteroatoms. The van der Waals surface area contributed by atoms with Gasteiger partial charge in [0.2, 0.25) is 0 Å². The second kappa shape index (κ2) is 9.63. The van der Waals surface area contributed by atoms with Crippen LogP contribution in [0.1, 0.15) is 17.0 Å². The van der Waals surface area contributed by atoms with E-state index >= 15 is 0 Å². The minimum Gasteiger partial charge on any atom is -1.00 e. The fourth-order valence-corrected chi connectivity index (χ4v) is 6.92. The van der Waals surface area contributed by atoms with Gasteiger partial charge in [-0.05, 0) is 0 Å². The molecule has 2 aromatic carbocycles. The normalized spacial score (nSPS) is 15.6. The number of allylic oxidation sites excluding steroid dienone is 4. The molecule has 0 saturated carbocycles. The molecule has 124 valence electrons. The van der Waals surface area contributed by atoms with E-state index < -0.39 is 0 Å². The van der Waals surface area contributed by atoms with Crippen molar-refractivity contribution in [3.8, 4) is 0 Å². The number of halogens is 2. The Morgan fingerprint density at radius 1 is 0.760 bits per heavy atom. The molecule has 1 aromatic heterocycles. The second-order valence-corrected chi connectivity index (χ2v) is 9.66. The van der Waals surface area contributed by atoms with Crippen LogP contribution in [0, 0.1) is 0 Å². The van der Waals surface area contributed by atoms with Crippen LogP contribution in [0.25, 0.3) is 5.57 Å². The number of hydrogen-bond donors (Lipinski definition) is 0. The van der Waals surface area contributed by atoms with E-state index in [1.54, 1.807) is 7.48 Å². The monoisotopic (exact) mass is 418 g/mol. The summed E-state index contributed by atoms with van der Waals surface area (Å²) in [5.74, 6) is 2.76. The van der Waals surface area contributed by atoms with E-state index in [1.807, 2.05) is 0 Å². The Morgan fingerprint density at radius 3 is 2.08 bits per heavy atom. The SMILES string of the molecule is C1=CC(c2ccccc2)[C]([Ti+2][c]2ccc[pH]2)=C1c1ccccc1.[Cl-].[Cl-]. The second-order valence-electron chi connectivity index (χ2n) is 5.65. The molecule has 1 aliphatic rings. The summed E-state index contributed by atoms with van der Waals surface area (Å²) in [6.07, 6.45) is 4.74. The Labute approximate surface area is 172 Å². The molecule has 25 heavy (non-hydrogen) atoms. The van der Waals surface area contributed by atoms with Crippen molar-refractivity contribution in [1.29, 1.82) is 0 Å². The van der Waals surface area contributed by atoms with Crippen molar-refractivity contribution in [1.82, 2.24) is 0 Å². The Bertz CT molecular complexity index is 840. The molecular weight excluding hydrogens is 402 g/mol. The van der Waals surface area contributed by atoms with Gasteiger partial charge in [-0.3, -0.25) is 0 Å². The van der Waals surface area contributed by atoms with Crippen LogP contribution in [-0.2, 0) is 19.2 Å². The van der Waals surface area contributed by atoms with Crippen LogP contribution in [0.5, 0.6) is 0 Å². The molecule has 0 bridgehead atoms. The molecule has 0 aliphatic heterocycles. The molecule has 0 amide bonds. The van der Waals surface area contributed by atoms with E-state index in [0.29, 0.717) is 5.92 Å². The van der Waals surface area contributed by atoms with Crippen LogP contribution in [0.3, 0.4) is 0 Å². The van der Waals surface area contributed by atoms with Crippen LogP contribution in [-0.4, -0.2) is 0 Å². The molecular formula is C21H17Cl2PTi. The largest absolute Gasteiger partial charge is 1.00 e. The third-order valence-corrected chi connectivity index (χ3v) is 8.20. The fourth-order valence-electron chi connectivity index (χ4n) is 3.05. The average molecular weight is 419 g/mol. The quantitative estimate of drug-likeness (QED) is 0.486. The summed E-state index contributed by atoms with van der Waals surface area (Å²) in [6, 6.07) is 26.3. The molecule has 0 nitrogen and oxygen atoms in total. The number of hydrogen-bond acceptors (Lipinski definition) is 0. The van der Waals surface area contributed by atoms with Gasteiger partial charge in [-0.2, -0.15) is 0 Å². The van der Waals surface area contributed by atoms with E-state index in [-0.39, 0.29) is 44.0 Å². The van der Waals surface area contributed by atoms with Gasteiger partial charge in [-0.15, -0.1) is 0 Å². The van der Waals surface area contributed by atoms with Crippen LogP contribution in [0.4, 0.5) is 0 Å². The van der Waals surface area contributed by atoms with Crippen molar-refractivity contribution in [3.05, 3.63) is 106 Å². The van der Waals surface area contributed by atoms with E-state index in [9.17, 15) is 0 Å². The zero-order valence-electron chi connectivity index (χ0n) is 13.5. The molecule has 2 unspecified atom stereocenters. The molecule has 0 spiro atoms. The fraction of sp³-hybridized carbons (Fsp3) is 0.0476. The first-order valence-corrected chi connectivity index (χ1v) is 10.5. The minimum atomic E-state index is -0.244. The van der Waals surface area contributed by atoms with Gasteiger partial charge in [0.15, 0.2) is 0 Å². The van der Waals surface area contributed by atoms with Crippen molar-refractivity contribution >= 4 is 17.4 Å². The van der Waals surface area contributed by atoms with Crippen molar-refractivity contribution in [3.63, 3.8) is 0 Å². The standard InChI is InChI=1S/C17H13.C4H4P.2ClH.Ti/c1-3-7-14(8-4-1)16-11-12-17(13-16)15-9-5-2-6-10-15;1-2-4-5-3-1;;;/h1-12,16H;1-3,5H;2*1H;/q;;;;+2/p-2. The first kappa shape index (κ1) is 20.3. The predicted molar refractivity (Wildman–Crippen MR) is 97.3 cm³/mol. The zero-order valence-corrected chi connectivity index (χ0v) is 17.6. The average Bonchev–Trinajstić information content (AvgIpc) is 3.27. The summed E-state index contributed by atoms with van der Waals surface area (Å²) in [4.78, 5) is 0. The Morgan fingerprint density at radius 2 is 1.44 bits per heavy atom. The summed E-state index contributed by atoms with van der Waals surface area (Å²) >= 11 is -0.244. The first-order chi connectivity index (χ1) is 11.4. The molecule has 2 atom stereocenters. The van der Waals surface area contributed by atoms with Crippen molar-refractivity contribution in [2.75, 3.05) is 0 Å². The third-order valence-electron chi connectivity index (χ3n) is 4.17. The van der Waals surface area contributed by atoms with Crippen LogP contribution in [0.2, 0.25) is 0 Å². The van der Waals surface area contributed by atoms with Gasteiger partial charge in [0.25, 0.3) is 0 Å². The number of benzene rings is 2. The maximum absolute atomic E-state index is 2.39. The minimum absolute atomic E-state index is 0. The van der Waals surface area contributed by atoms with Gasteiger partial charge in [0.05, 0.1) is 0 Å². The van der Waals surface area contributed by atoms with Crippen LogP contribution < -0.4 is 28.4 Å². The Hall–Kier alpha value is -1.01. The Kier molecular flexibility index (Phi) is 7.82. The van der Waals surface area contributed by atoms with Gasteiger partial charge in [-0.25, -0.2) is 0 Å². The van der Waals surface area contributed by atoms with E-state index in [1.165, 1.54) is 16.7 Å². The van der Waals surface area contributed by atoms with Crippen molar-refractivity contribution < 1.29 is 44.0 Å². The van der Waals surface area contributed by atoms with E-state index in [4.69, 9.17) is 0 Å². The molecule has 0 N–H and O–H groups in total. The summed E-state index contributed by atoms with van der Waals surface area (Å²) in [7, 11) is 0.895. The van der Waals surface area contributed by atoms with Gasteiger partial charge in [0.1, 0.15) is 0 Å². The molecule has 0 fully saturated rings. The van der Waals surface area contributed by atoms with Crippen LogP contribution >= 0.6 is 8.19 Å². The number of rotatable bonds is 4. The summed E-state index contributed by atoms with van der Waals surface area (Å²) in [5.41, 5.74) is 4.23. The van der Waals surface area contributed by atoms with Gasteiger partial charge in [0, 0.05) is 0 Å². The van der Waals surface area contributed by atoms with Crippen LogP contribution in [0.15, 0.2) is 94.6 Å². The maximum Gasteiger partial charge on any atom is -1.00 e. The third kappa shape index (κ3) is 4.59. The predicted octanol–water partition coefficient (Wildman–Crippen LogP) is -0.801. The summed E-state index contributed by atoms with van der Waals surface area (Å²) < 4.78 is 3.32. The summed E-state index contributed by atoms with van der Waals surface area (Å²) in [5, 5.41) is 0. The molecule has 1 heterocycles. The van der Waals surface area contributed by atoms with E-state index in [2.05, 4.69) is 90.7 Å². The molecule has 1 aliphatic carbocycles. The van der Waals surface area contributed by atoms with Gasteiger partial charge >= 0.3 is 148 Å². The summed E-state index contributed by atoms with van der Waals surface area (Å²) in [6.45, 7) is 0. The molecule has 0 saturated heterocycles.